The summed E-state index contributed by atoms with van der Waals surface area (Å²) in [4.78, 5) is 0. The zero-order valence-electron chi connectivity index (χ0n) is 4.68. The molecular formula is C4Cl4F2S. The topological polar surface area (TPSA) is 0 Å². The lowest BCUT2D eigenvalue weighted by molar-refractivity contribution is 0.159. The van der Waals surface area contributed by atoms with Gasteiger partial charge in [-0.3, -0.25) is 0 Å². The molecule has 0 saturated carbocycles. The fraction of sp³-hybridized carbons (Fsp3) is 0.500. The summed E-state index contributed by atoms with van der Waals surface area (Å²) in [6.07, 6.45) is 0. The van der Waals surface area contributed by atoms with Crippen LogP contribution in [0.3, 0.4) is 0 Å². The van der Waals surface area contributed by atoms with Crippen LogP contribution in [0.1, 0.15) is 0 Å². The molecule has 0 aliphatic carbocycles. The van der Waals surface area contributed by atoms with Crippen LogP contribution in [0.5, 0.6) is 0 Å². The van der Waals surface area contributed by atoms with Gasteiger partial charge >= 0.3 is 5.25 Å². The van der Waals surface area contributed by atoms with Crippen molar-refractivity contribution in [3.8, 4) is 0 Å². The van der Waals surface area contributed by atoms with Crippen LogP contribution in [0.4, 0.5) is 8.78 Å². The van der Waals surface area contributed by atoms with E-state index in [0.29, 0.717) is 0 Å². The largest absolute Gasteiger partial charge is 0.333 e. The molecule has 1 rings (SSSR count). The second-order valence-corrected chi connectivity index (χ2v) is 5.62. The van der Waals surface area contributed by atoms with Gasteiger partial charge in [0.1, 0.15) is 5.03 Å². The molecule has 0 fully saturated rings. The van der Waals surface area contributed by atoms with E-state index in [1.165, 1.54) is 0 Å². The number of alkyl halides is 4. The Hall–Kier alpha value is 1.11. The van der Waals surface area contributed by atoms with Gasteiger partial charge in [-0.05, 0) is 11.8 Å². The van der Waals surface area contributed by atoms with Crippen molar-refractivity contribution < 1.29 is 8.78 Å². The van der Waals surface area contributed by atoms with Crippen LogP contribution in [0.2, 0.25) is 0 Å². The summed E-state index contributed by atoms with van der Waals surface area (Å²) >= 11 is 21.2. The first kappa shape index (κ1) is 10.2. The smallest absolute Gasteiger partial charge is 0.187 e. The lowest BCUT2D eigenvalue weighted by atomic mass is 10.5. The molecule has 1 heterocycles. The molecular weight excluding hydrogens is 260 g/mol. The maximum atomic E-state index is 12.6. The van der Waals surface area contributed by atoms with Crippen LogP contribution in [0, 0.1) is 0 Å². The first-order chi connectivity index (χ1) is 4.77. The molecule has 64 valence electrons. The number of rotatable bonds is 0. The van der Waals surface area contributed by atoms with Gasteiger partial charge in [0, 0.05) is 0 Å². The maximum Gasteiger partial charge on any atom is 0.333 e. The minimum atomic E-state index is -3.28. The monoisotopic (exact) mass is 258 g/mol. The normalized spacial score (nSPS) is 27.8. The average Bonchev–Trinajstić information content (AvgIpc) is 1.91. The van der Waals surface area contributed by atoms with Crippen LogP contribution < -0.4 is 0 Å². The van der Waals surface area contributed by atoms with Crippen molar-refractivity contribution in [1.82, 2.24) is 0 Å². The number of thioether (sulfide) groups is 1. The standard InChI is InChI=1S/C4Cl4F2S/c5-1-2(6)4(9,10)11-3(1,7)8. The SMILES string of the molecule is FC1(F)SC(Cl)(Cl)C(Cl)=C1Cl. The van der Waals surface area contributed by atoms with E-state index in [2.05, 4.69) is 0 Å². The average molecular weight is 260 g/mol. The first-order valence-electron chi connectivity index (χ1n) is 2.29. The zero-order chi connectivity index (χ0) is 8.86. The summed E-state index contributed by atoms with van der Waals surface area (Å²) in [6, 6.07) is 0. The predicted octanol–water partition coefficient (Wildman–Crippen LogP) is 4.15. The van der Waals surface area contributed by atoms with E-state index in [-0.39, 0.29) is 11.8 Å². The predicted molar refractivity (Wildman–Crippen MR) is 45.7 cm³/mol. The van der Waals surface area contributed by atoms with Crippen molar-refractivity contribution in [1.29, 1.82) is 0 Å². The first-order valence-corrected chi connectivity index (χ1v) is 4.62. The Labute approximate surface area is 85.8 Å². The van der Waals surface area contributed by atoms with E-state index in [4.69, 9.17) is 46.4 Å². The van der Waals surface area contributed by atoms with Crippen LogP contribution in [0.25, 0.3) is 0 Å². The van der Waals surface area contributed by atoms with Gasteiger partial charge in [-0.2, -0.15) is 8.78 Å². The fourth-order valence-corrected chi connectivity index (χ4v) is 2.68. The highest BCUT2D eigenvalue weighted by Crippen LogP contribution is 2.62. The summed E-state index contributed by atoms with van der Waals surface area (Å²) in [5, 5.41) is -4.49. The second-order valence-electron chi connectivity index (χ2n) is 1.76. The molecule has 0 nitrogen and oxygen atoms in total. The molecule has 11 heavy (non-hydrogen) atoms. The molecule has 1 aliphatic heterocycles. The van der Waals surface area contributed by atoms with Crippen molar-refractivity contribution in [2.45, 2.75) is 8.92 Å². The summed E-state index contributed by atoms with van der Waals surface area (Å²) in [6.45, 7) is 0. The molecule has 0 aromatic carbocycles. The number of halogens is 6. The minimum absolute atomic E-state index is 0.000772. The van der Waals surface area contributed by atoms with E-state index in [1.54, 1.807) is 0 Å². The van der Waals surface area contributed by atoms with Crippen molar-refractivity contribution in [3.05, 3.63) is 10.1 Å². The Balaban J connectivity index is 3.09. The van der Waals surface area contributed by atoms with Gasteiger partial charge in [-0.15, -0.1) is 0 Å². The number of hydrogen-bond acceptors (Lipinski definition) is 1. The third kappa shape index (κ3) is 1.73. The van der Waals surface area contributed by atoms with Crippen LogP contribution >= 0.6 is 58.2 Å². The van der Waals surface area contributed by atoms with Gasteiger partial charge < -0.3 is 0 Å². The van der Waals surface area contributed by atoms with E-state index < -0.39 is 19.0 Å². The molecule has 1 aliphatic rings. The molecule has 0 atom stereocenters. The zero-order valence-corrected chi connectivity index (χ0v) is 8.52. The molecule has 0 spiro atoms. The van der Waals surface area contributed by atoms with Gasteiger partial charge in [0.25, 0.3) is 0 Å². The quantitative estimate of drug-likeness (QED) is 0.589. The molecule has 0 radical (unpaired) electrons. The summed E-state index contributed by atoms with van der Waals surface area (Å²) in [5.41, 5.74) is 0. The molecule has 0 N–H and O–H groups in total. The summed E-state index contributed by atoms with van der Waals surface area (Å²) < 4.78 is 23.4. The molecule has 0 bridgehead atoms. The molecule has 7 heteroatoms. The van der Waals surface area contributed by atoms with Crippen LogP contribution in [-0.4, -0.2) is 8.92 Å². The lowest BCUT2D eigenvalue weighted by Gasteiger charge is -2.12. The van der Waals surface area contributed by atoms with E-state index >= 15 is 0 Å². The van der Waals surface area contributed by atoms with Gasteiger partial charge in [0.2, 0.25) is 3.67 Å². The van der Waals surface area contributed by atoms with Crippen LogP contribution in [0.15, 0.2) is 10.1 Å². The van der Waals surface area contributed by atoms with Gasteiger partial charge in [0.05, 0.1) is 5.03 Å². The molecule has 0 aromatic heterocycles. The van der Waals surface area contributed by atoms with Gasteiger partial charge in [-0.1, -0.05) is 46.4 Å². The Morgan fingerprint density at radius 3 is 1.64 bits per heavy atom. The van der Waals surface area contributed by atoms with Gasteiger partial charge in [0.15, 0.2) is 0 Å². The van der Waals surface area contributed by atoms with Gasteiger partial charge in [-0.25, -0.2) is 0 Å². The molecule has 0 unspecified atom stereocenters. The van der Waals surface area contributed by atoms with Crippen molar-refractivity contribution in [3.63, 3.8) is 0 Å². The van der Waals surface area contributed by atoms with E-state index in [0.717, 1.165) is 0 Å². The summed E-state index contributed by atoms with van der Waals surface area (Å²) in [5.74, 6) is 0. The Bertz CT molecular complexity index is 202. The van der Waals surface area contributed by atoms with Crippen molar-refractivity contribution in [2.24, 2.45) is 0 Å². The fourth-order valence-electron chi connectivity index (χ4n) is 0.506. The Morgan fingerprint density at radius 1 is 1.09 bits per heavy atom. The highest BCUT2D eigenvalue weighted by Gasteiger charge is 2.54. The Morgan fingerprint density at radius 2 is 1.55 bits per heavy atom. The summed E-state index contributed by atoms with van der Waals surface area (Å²) in [7, 11) is 0. The van der Waals surface area contributed by atoms with Crippen LogP contribution in [-0.2, 0) is 0 Å². The lowest BCUT2D eigenvalue weighted by Crippen LogP contribution is -2.09. The highest BCUT2D eigenvalue weighted by molar-refractivity contribution is 8.05. The third-order valence-corrected chi connectivity index (χ3v) is 4.14. The van der Waals surface area contributed by atoms with Crippen molar-refractivity contribution >= 4 is 58.2 Å². The number of hydrogen-bond donors (Lipinski definition) is 0. The Kier molecular flexibility index (Phi) is 2.60. The third-order valence-electron chi connectivity index (χ3n) is 0.960. The van der Waals surface area contributed by atoms with E-state index in [1.807, 2.05) is 0 Å². The van der Waals surface area contributed by atoms with E-state index in [9.17, 15) is 8.78 Å². The van der Waals surface area contributed by atoms with Crippen molar-refractivity contribution in [2.75, 3.05) is 0 Å². The molecule has 0 saturated heterocycles. The highest BCUT2D eigenvalue weighted by atomic mass is 35.5. The molecule has 0 aromatic rings. The minimum Gasteiger partial charge on any atom is -0.187 e. The maximum absolute atomic E-state index is 12.6. The molecule has 0 amide bonds. The second kappa shape index (κ2) is 2.81.